The van der Waals surface area contributed by atoms with Gasteiger partial charge in [-0.05, 0) is 77.8 Å². The molecule has 0 heterocycles. The Hall–Kier alpha value is -1.25. The second-order valence-corrected chi connectivity index (χ2v) is 7.55. The molecule has 1 fully saturated rings. The minimum atomic E-state index is -0.180. The van der Waals surface area contributed by atoms with Gasteiger partial charge in [0, 0.05) is 10.4 Å². The Balaban J connectivity index is 1.96. The van der Waals surface area contributed by atoms with Crippen molar-refractivity contribution in [2.45, 2.75) is 44.6 Å². The van der Waals surface area contributed by atoms with Gasteiger partial charge in [0.2, 0.25) is 0 Å². The second kappa shape index (κ2) is 4.87. The van der Waals surface area contributed by atoms with Gasteiger partial charge in [-0.25, -0.2) is 0 Å². The summed E-state index contributed by atoms with van der Waals surface area (Å²) in [6.45, 7) is 2.32. The zero-order valence-corrected chi connectivity index (χ0v) is 13.8. The number of methoxy groups -OCH3 is 1. The highest BCUT2D eigenvalue weighted by Gasteiger charge is 2.47. The van der Waals surface area contributed by atoms with Gasteiger partial charge in [-0.2, -0.15) is 0 Å². The number of rotatable bonds is 1. The first-order valence-electron chi connectivity index (χ1n) is 7.99. The van der Waals surface area contributed by atoms with Crippen LogP contribution in [0.4, 0.5) is 0 Å². The molecule has 0 amide bonds. The molecule has 2 aliphatic rings. The SMILES string of the molecule is COc1ccc2c(Cl)cc3c(c2c1)CC[C@]1(C)C[C@H](O)C[C@@H]31. The maximum absolute atomic E-state index is 10.2. The van der Waals surface area contributed by atoms with Gasteiger partial charge in [-0.3, -0.25) is 0 Å². The largest absolute Gasteiger partial charge is 0.497 e. The fourth-order valence-electron chi connectivity index (χ4n) is 4.66. The van der Waals surface area contributed by atoms with Crippen molar-refractivity contribution in [2.24, 2.45) is 5.41 Å². The van der Waals surface area contributed by atoms with Crippen LogP contribution in [0.2, 0.25) is 5.02 Å². The number of hydrogen-bond acceptors (Lipinski definition) is 2. The monoisotopic (exact) mass is 316 g/mol. The Morgan fingerprint density at radius 3 is 2.86 bits per heavy atom. The van der Waals surface area contributed by atoms with E-state index in [-0.39, 0.29) is 11.5 Å². The maximum Gasteiger partial charge on any atom is 0.119 e. The third-order valence-electron chi connectivity index (χ3n) is 5.81. The first-order valence-corrected chi connectivity index (χ1v) is 8.37. The summed E-state index contributed by atoms with van der Waals surface area (Å²) >= 11 is 6.56. The fourth-order valence-corrected chi connectivity index (χ4v) is 4.95. The van der Waals surface area contributed by atoms with Crippen molar-refractivity contribution in [2.75, 3.05) is 7.11 Å². The third kappa shape index (κ3) is 1.97. The number of halogens is 1. The lowest BCUT2D eigenvalue weighted by Crippen LogP contribution is -2.26. The molecule has 0 bridgehead atoms. The molecule has 4 rings (SSSR count). The lowest BCUT2D eigenvalue weighted by Gasteiger charge is -2.38. The van der Waals surface area contributed by atoms with Crippen molar-refractivity contribution >= 4 is 22.4 Å². The molecule has 116 valence electrons. The summed E-state index contributed by atoms with van der Waals surface area (Å²) in [5.74, 6) is 1.29. The molecule has 0 radical (unpaired) electrons. The van der Waals surface area contributed by atoms with E-state index in [0.29, 0.717) is 5.92 Å². The van der Waals surface area contributed by atoms with Crippen molar-refractivity contribution in [3.8, 4) is 5.75 Å². The van der Waals surface area contributed by atoms with E-state index >= 15 is 0 Å². The Bertz CT molecular complexity index is 755. The number of benzene rings is 2. The lowest BCUT2D eigenvalue weighted by atomic mass is 9.66. The van der Waals surface area contributed by atoms with Crippen LogP contribution in [0.25, 0.3) is 10.8 Å². The molecule has 2 aliphatic carbocycles. The number of hydrogen-bond donors (Lipinski definition) is 1. The van der Waals surface area contributed by atoms with Crippen molar-refractivity contribution in [3.63, 3.8) is 0 Å². The van der Waals surface area contributed by atoms with E-state index in [1.807, 2.05) is 12.1 Å². The standard InChI is InChI=1S/C19H21ClO2/c1-19-6-5-13-15-8-12(22-2)3-4-14(15)18(20)9-16(13)17(19)7-11(21)10-19/h3-4,8-9,11,17,21H,5-7,10H2,1-2H3/t11-,17+,19-/m1/s1. The van der Waals surface area contributed by atoms with Crippen LogP contribution in [0.5, 0.6) is 5.75 Å². The van der Waals surface area contributed by atoms with Gasteiger partial charge in [0.1, 0.15) is 5.75 Å². The van der Waals surface area contributed by atoms with Crippen LogP contribution in [0, 0.1) is 5.41 Å². The van der Waals surface area contributed by atoms with Gasteiger partial charge in [-0.15, -0.1) is 0 Å². The second-order valence-electron chi connectivity index (χ2n) is 7.14. The molecule has 1 N–H and O–H groups in total. The highest BCUT2D eigenvalue weighted by Crippen LogP contribution is 2.57. The number of aliphatic hydroxyl groups excluding tert-OH is 1. The molecule has 0 spiro atoms. The zero-order chi connectivity index (χ0) is 15.5. The van der Waals surface area contributed by atoms with Crippen molar-refractivity contribution in [3.05, 3.63) is 40.4 Å². The summed E-state index contributed by atoms with van der Waals surface area (Å²) in [6, 6.07) is 8.26. The Morgan fingerprint density at radius 1 is 1.27 bits per heavy atom. The highest BCUT2D eigenvalue weighted by atomic mass is 35.5. The Labute approximate surface area is 136 Å². The average Bonchev–Trinajstić information content (AvgIpc) is 2.81. The molecular formula is C19H21ClO2. The molecule has 2 aromatic carbocycles. The van der Waals surface area contributed by atoms with E-state index in [0.717, 1.165) is 41.8 Å². The lowest BCUT2D eigenvalue weighted by molar-refractivity contribution is 0.159. The molecule has 22 heavy (non-hydrogen) atoms. The topological polar surface area (TPSA) is 29.5 Å². The van der Waals surface area contributed by atoms with Gasteiger partial charge in [0.05, 0.1) is 13.2 Å². The predicted molar refractivity (Wildman–Crippen MR) is 89.9 cm³/mol. The van der Waals surface area contributed by atoms with Crippen LogP contribution in [0.15, 0.2) is 24.3 Å². The van der Waals surface area contributed by atoms with Crippen molar-refractivity contribution in [1.29, 1.82) is 0 Å². The summed E-state index contributed by atoms with van der Waals surface area (Å²) in [4.78, 5) is 0. The van der Waals surface area contributed by atoms with E-state index in [2.05, 4.69) is 19.1 Å². The normalized spacial score (nSPS) is 30.2. The van der Waals surface area contributed by atoms with E-state index < -0.39 is 0 Å². The van der Waals surface area contributed by atoms with Crippen molar-refractivity contribution < 1.29 is 9.84 Å². The number of aliphatic hydroxyl groups is 1. The van der Waals surface area contributed by atoms with Gasteiger partial charge in [0.15, 0.2) is 0 Å². The first-order chi connectivity index (χ1) is 10.5. The van der Waals surface area contributed by atoms with Crippen LogP contribution in [0.1, 0.15) is 43.2 Å². The minimum absolute atomic E-state index is 0.180. The minimum Gasteiger partial charge on any atom is -0.497 e. The summed E-state index contributed by atoms with van der Waals surface area (Å²) in [5, 5.41) is 13.3. The smallest absolute Gasteiger partial charge is 0.119 e. The van der Waals surface area contributed by atoms with Gasteiger partial charge >= 0.3 is 0 Å². The maximum atomic E-state index is 10.2. The molecule has 0 aliphatic heterocycles. The molecule has 0 saturated heterocycles. The number of ether oxygens (including phenoxy) is 1. The highest BCUT2D eigenvalue weighted by molar-refractivity contribution is 6.35. The van der Waals surface area contributed by atoms with Gasteiger partial charge in [-0.1, -0.05) is 18.5 Å². The summed E-state index contributed by atoms with van der Waals surface area (Å²) in [7, 11) is 1.70. The molecule has 2 nitrogen and oxygen atoms in total. The third-order valence-corrected chi connectivity index (χ3v) is 6.13. The Morgan fingerprint density at radius 2 is 2.09 bits per heavy atom. The Kier molecular flexibility index (Phi) is 3.18. The predicted octanol–water partition coefficient (Wildman–Crippen LogP) is 4.69. The van der Waals surface area contributed by atoms with Crippen LogP contribution in [-0.4, -0.2) is 18.3 Å². The fraction of sp³-hybridized carbons (Fsp3) is 0.474. The quantitative estimate of drug-likeness (QED) is 0.827. The molecule has 3 heteroatoms. The molecule has 2 aromatic rings. The molecular weight excluding hydrogens is 296 g/mol. The van der Waals surface area contributed by atoms with E-state index in [1.165, 1.54) is 16.5 Å². The number of aryl methyl sites for hydroxylation is 1. The van der Waals surface area contributed by atoms with Crippen molar-refractivity contribution in [1.82, 2.24) is 0 Å². The summed E-state index contributed by atoms with van der Waals surface area (Å²) in [6.07, 6.45) is 3.77. The van der Waals surface area contributed by atoms with Crippen LogP contribution < -0.4 is 4.74 Å². The first kappa shape index (κ1) is 14.3. The van der Waals surface area contributed by atoms with Crippen LogP contribution >= 0.6 is 11.6 Å². The molecule has 0 unspecified atom stereocenters. The molecule has 0 aromatic heterocycles. The molecule has 1 saturated carbocycles. The van der Waals surface area contributed by atoms with E-state index in [9.17, 15) is 5.11 Å². The van der Waals surface area contributed by atoms with E-state index in [4.69, 9.17) is 16.3 Å². The zero-order valence-electron chi connectivity index (χ0n) is 13.0. The summed E-state index contributed by atoms with van der Waals surface area (Å²) < 4.78 is 5.39. The molecule has 3 atom stereocenters. The van der Waals surface area contributed by atoms with Gasteiger partial charge in [0.25, 0.3) is 0 Å². The van der Waals surface area contributed by atoms with Crippen LogP contribution in [-0.2, 0) is 6.42 Å². The summed E-state index contributed by atoms with van der Waals surface area (Å²) in [5.41, 5.74) is 2.95. The number of fused-ring (bicyclic) bond motifs is 5. The van der Waals surface area contributed by atoms with Crippen LogP contribution in [0.3, 0.4) is 0 Å². The van der Waals surface area contributed by atoms with Gasteiger partial charge < -0.3 is 9.84 Å². The van der Waals surface area contributed by atoms with E-state index in [1.54, 1.807) is 7.11 Å². The average molecular weight is 317 g/mol.